The maximum Gasteiger partial charge on any atom is 0.125 e. The SMILES string of the molecule is Fc1ccc2nc(CCCl)n(-c3ccccc3Cl)c2c1. The van der Waals surface area contributed by atoms with E-state index in [4.69, 9.17) is 23.2 Å². The average molecular weight is 309 g/mol. The molecule has 0 saturated carbocycles. The third-order valence-corrected chi connectivity index (χ3v) is 3.61. The number of aryl methyl sites for hydroxylation is 1. The second-order valence-electron chi connectivity index (χ2n) is 4.39. The molecule has 0 atom stereocenters. The van der Waals surface area contributed by atoms with Gasteiger partial charge in [-0.1, -0.05) is 23.7 Å². The third-order valence-electron chi connectivity index (χ3n) is 3.10. The first-order valence-electron chi connectivity index (χ1n) is 6.18. The van der Waals surface area contributed by atoms with Crippen LogP contribution in [0.5, 0.6) is 0 Å². The summed E-state index contributed by atoms with van der Waals surface area (Å²) >= 11 is 12.1. The van der Waals surface area contributed by atoms with Gasteiger partial charge >= 0.3 is 0 Å². The number of fused-ring (bicyclic) bond motifs is 1. The number of aromatic nitrogens is 2. The zero-order valence-corrected chi connectivity index (χ0v) is 12.0. The molecule has 3 rings (SSSR count). The van der Waals surface area contributed by atoms with Gasteiger partial charge in [0.25, 0.3) is 0 Å². The van der Waals surface area contributed by atoms with Gasteiger partial charge in [0, 0.05) is 18.4 Å². The summed E-state index contributed by atoms with van der Waals surface area (Å²) in [5.74, 6) is 0.910. The highest BCUT2D eigenvalue weighted by Crippen LogP contribution is 2.27. The lowest BCUT2D eigenvalue weighted by atomic mass is 10.2. The van der Waals surface area contributed by atoms with Crippen molar-refractivity contribution in [2.45, 2.75) is 6.42 Å². The van der Waals surface area contributed by atoms with Crippen LogP contribution in [0.3, 0.4) is 0 Å². The van der Waals surface area contributed by atoms with Crippen LogP contribution in [0.1, 0.15) is 5.82 Å². The third kappa shape index (κ3) is 2.28. The average Bonchev–Trinajstić information content (AvgIpc) is 2.77. The quantitative estimate of drug-likeness (QED) is 0.647. The summed E-state index contributed by atoms with van der Waals surface area (Å²) in [5, 5.41) is 0.590. The van der Waals surface area contributed by atoms with Gasteiger partial charge in [-0.05, 0) is 24.3 Å². The van der Waals surface area contributed by atoms with E-state index in [0.717, 1.165) is 17.0 Å². The van der Waals surface area contributed by atoms with Gasteiger partial charge in [0.05, 0.1) is 21.7 Å². The van der Waals surface area contributed by atoms with E-state index in [9.17, 15) is 4.39 Å². The molecule has 0 spiro atoms. The molecule has 0 bridgehead atoms. The topological polar surface area (TPSA) is 17.8 Å². The standard InChI is InChI=1S/C15H11Cl2FN2/c16-8-7-15-19-12-6-5-10(18)9-14(12)20(15)13-4-2-1-3-11(13)17/h1-6,9H,7-8H2. The van der Waals surface area contributed by atoms with E-state index in [-0.39, 0.29) is 5.82 Å². The molecule has 0 aliphatic carbocycles. The minimum atomic E-state index is -0.303. The molecule has 20 heavy (non-hydrogen) atoms. The predicted octanol–water partition coefficient (Wildman–Crippen LogP) is 4.60. The maximum absolute atomic E-state index is 13.5. The van der Waals surface area contributed by atoms with Crippen LogP contribution in [0, 0.1) is 5.82 Å². The van der Waals surface area contributed by atoms with Crippen molar-refractivity contribution in [1.82, 2.24) is 9.55 Å². The summed E-state index contributed by atoms with van der Waals surface area (Å²) in [6, 6.07) is 11.9. The molecule has 0 fully saturated rings. The second kappa shape index (κ2) is 5.43. The van der Waals surface area contributed by atoms with Gasteiger partial charge in [-0.25, -0.2) is 9.37 Å². The Balaban J connectivity index is 2.34. The number of para-hydroxylation sites is 1. The fourth-order valence-electron chi connectivity index (χ4n) is 2.25. The van der Waals surface area contributed by atoms with Crippen LogP contribution in [0.15, 0.2) is 42.5 Å². The number of benzene rings is 2. The van der Waals surface area contributed by atoms with Gasteiger partial charge in [0.1, 0.15) is 11.6 Å². The van der Waals surface area contributed by atoms with Gasteiger partial charge < -0.3 is 0 Å². The number of imidazole rings is 1. The lowest BCUT2D eigenvalue weighted by Crippen LogP contribution is -2.02. The first-order chi connectivity index (χ1) is 9.70. The van der Waals surface area contributed by atoms with Crippen LogP contribution in [-0.4, -0.2) is 15.4 Å². The summed E-state index contributed by atoms with van der Waals surface area (Å²) in [4.78, 5) is 4.51. The summed E-state index contributed by atoms with van der Waals surface area (Å²) in [7, 11) is 0. The van der Waals surface area contributed by atoms with Crippen molar-refractivity contribution in [1.29, 1.82) is 0 Å². The fourth-order valence-corrected chi connectivity index (χ4v) is 2.64. The molecular weight excluding hydrogens is 298 g/mol. The predicted molar refractivity (Wildman–Crippen MR) is 80.5 cm³/mol. The zero-order valence-electron chi connectivity index (χ0n) is 10.5. The first kappa shape index (κ1) is 13.4. The smallest absolute Gasteiger partial charge is 0.125 e. The largest absolute Gasteiger partial charge is 0.295 e. The lowest BCUT2D eigenvalue weighted by molar-refractivity contribution is 0.629. The first-order valence-corrected chi connectivity index (χ1v) is 7.09. The highest BCUT2D eigenvalue weighted by molar-refractivity contribution is 6.32. The molecule has 0 radical (unpaired) electrons. The Morgan fingerprint density at radius 3 is 2.70 bits per heavy atom. The lowest BCUT2D eigenvalue weighted by Gasteiger charge is -2.10. The Morgan fingerprint density at radius 1 is 1.15 bits per heavy atom. The molecule has 1 heterocycles. The zero-order chi connectivity index (χ0) is 14.1. The van der Waals surface area contributed by atoms with Crippen molar-refractivity contribution in [2.24, 2.45) is 0 Å². The molecule has 0 aliphatic rings. The van der Waals surface area contributed by atoms with Crippen LogP contribution in [0.4, 0.5) is 4.39 Å². The molecule has 0 saturated heterocycles. The molecule has 0 aliphatic heterocycles. The van der Waals surface area contributed by atoms with E-state index >= 15 is 0 Å². The molecular formula is C15H11Cl2FN2. The molecule has 0 unspecified atom stereocenters. The van der Waals surface area contributed by atoms with Crippen molar-refractivity contribution in [3.05, 3.63) is 59.1 Å². The summed E-state index contributed by atoms with van der Waals surface area (Å²) < 4.78 is 15.4. The van der Waals surface area contributed by atoms with Gasteiger partial charge in [-0.15, -0.1) is 11.6 Å². The number of halogens is 3. The van der Waals surface area contributed by atoms with Gasteiger partial charge in [-0.2, -0.15) is 0 Å². The van der Waals surface area contributed by atoms with E-state index in [0.29, 0.717) is 22.8 Å². The van der Waals surface area contributed by atoms with Crippen molar-refractivity contribution >= 4 is 34.2 Å². The van der Waals surface area contributed by atoms with Crippen molar-refractivity contribution in [3.63, 3.8) is 0 Å². The molecule has 2 nitrogen and oxygen atoms in total. The maximum atomic E-state index is 13.5. The molecule has 0 amide bonds. The minimum absolute atomic E-state index is 0.303. The highest BCUT2D eigenvalue weighted by Gasteiger charge is 2.14. The number of rotatable bonds is 3. The number of hydrogen-bond donors (Lipinski definition) is 0. The van der Waals surface area contributed by atoms with E-state index in [2.05, 4.69) is 4.98 Å². The van der Waals surface area contributed by atoms with Crippen LogP contribution in [0.2, 0.25) is 5.02 Å². The van der Waals surface area contributed by atoms with Crippen molar-refractivity contribution in [3.8, 4) is 5.69 Å². The molecule has 3 aromatic rings. The van der Waals surface area contributed by atoms with E-state index < -0.39 is 0 Å². The van der Waals surface area contributed by atoms with Gasteiger partial charge in [0.15, 0.2) is 0 Å². The van der Waals surface area contributed by atoms with Crippen molar-refractivity contribution in [2.75, 3.05) is 5.88 Å². The molecule has 5 heteroatoms. The second-order valence-corrected chi connectivity index (χ2v) is 5.17. The summed E-state index contributed by atoms with van der Waals surface area (Å²) in [5.41, 5.74) is 2.20. The van der Waals surface area contributed by atoms with E-state index in [1.54, 1.807) is 12.1 Å². The van der Waals surface area contributed by atoms with Gasteiger partial charge in [0.2, 0.25) is 0 Å². The monoisotopic (exact) mass is 308 g/mol. The van der Waals surface area contributed by atoms with Crippen LogP contribution < -0.4 is 0 Å². The molecule has 102 valence electrons. The minimum Gasteiger partial charge on any atom is -0.295 e. The fraction of sp³-hybridized carbons (Fsp3) is 0.133. The Hall–Kier alpha value is -1.58. The van der Waals surface area contributed by atoms with E-state index in [1.807, 2.05) is 22.8 Å². The number of alkyl halides is 1. The molecule has 2 aromatic carbocycles. The Labute approximate surface area is 125 Å². The Morgan fingerprint density at radius 2 is 1.95 bits per heavy atom. The summed E-state index contributed by atoms with van der Waals surface area (Å²) in [6.45, 7) is 0. The summed E-state index contributed by atoms with van der Waals surface area (Å²) in [6.07, 6.45) is 0.586. The number of nitrogens with zero attached hydrogens (tertiary/aromatic N) is 2. The molecule has 0 N–H and O–H groups in total. The Bertz CT molecular complexity index is 768. The van der Waals surface area contributed by atoms with Crippen LogP contribution in [0.25, 0.3) is 16.7 Å². The Kier molecular flexibility index (Phi) is 3.64. The van der Waals surface area contributed by atoms with Crippen LogP contribution in [-0.2, 0) is 6.42 Å². The molecule has 1 aromatic heterocycles. The van der Waals surface area contributed by atoms with E-state index in [1.165, 1.54) is 12.1 Å². The van der Waals surface area contributed by atoms with Crippen LogP contribution >= 0.6 is 23.2 Å². The normalized spacial score (nSPS) is 11.2. The highest BCUT2D eigenvalue weighted by atomic mass is 35.5. The number of hydrogen-bond acceptors (Lipinski definition) is 1. The van der Waals surface area contributed by atoms with Gasteiger partial charge in [-0.3, -0.25) is 4.57 Å². The van der Waals surface area contributed by atoms with Crippen molar-refractivity contribution < 1.29 is 4.39 Å².